The number of hydrogen-bond donors (Lipinski definition) is 1. The summed E-state index contributed by atoms with van der Waals surface area (Å²) in [5.41, 5.74) is 0.652. The van der Waals surface area contributed by atoms with Crippen LogP contribution >= 0.6 is 0 Å². The van der Waals surface area contributed by atoms with Crippen LogP contribution in [-0.2, 0) is 20.0 Å². The van der Waals surface area contributed by atoms with Crippen LogP contribution in [0.5, 0.6) is 0 Å². The summed E-state index contributed by atoms with van der Waals surface area (Å²) in [7, 11) is -7.27. The fraction of sp³-hybridized carbons (Fsp3) is 0.500. The lowest BCUT2D eigenvalue weighted by atomic mass is 9.94. The molecule has 2 saturated heterocycles. The van der Waals surface area contributed by atoms with E-state index in [2.05, 4.69) is 19.2 Å². The Morgan fingerprint density at radius 3 is 1.97 bits per heavy atom. The van der Waals surface area contributed by atoms with Gasteiger partial charge in [-0.3, -0.25) is 4.79 Å². The van der Waals surface area contributed by atoms with Crippen LogP contribution in [0.25, 0.3) is 0 Å². The molecule has 0 spiro atoms. The molecule has 8 nitrogen and oxygen atoms in total. The fourth-order valence-electron chi connectivity index (χ4n) is 5.10. The molecule has 2 fully saturated rings. The maximum atomic E-state index is 13.1. The monoisotopic (exact) mass is 533 g/mol. The zero-order chi connectivity index (χ0) is 25.9. The van der Waals surface area contributed by atoms with Crippen LogP contribution in [0.4, 0.5) is 5.69 Å². The van der Waals surface area contributed by atoms with Gasteiger partial charge in [-0.2, -0.15) is 8.61 Å². The lowest BCUT2D eigenvalue weighted by molar-refractivity contribution is 0.102. The van der Waals surface area contributed by atoms with Crippen LogP contribution in [0.15, 0.2) is 58.3 Å². The van der Waals surface area contributed by atoms with Gasteiger partial charge >= 0.3 is 0 Å². The van der Waals surface area contributed by atoms with Gasteiger partial charge in [0.25, 0.3) is 5.91 Å². The molecule has 0 aliphatic carbocycles. The second kappa shape index (κ2) is 11.0. The Bertz CT molecular complexity index is 1280. The Morgan fingerprint density at radius 1 is 0.778 bits per heavy atom. The molecule has 4 rings (SSSR count). The third-order valence-corrected chi connectivity index (χ3v) is 10.6. The average molecular weight is 534 g/mol. The first-order chi connectivity index (χ1) is 17.1. The molecule has 0 aromatic heterocycles. The number of amides is 1. The summed E-state index contributed by atoms with van der Waals surface area (Å²) >= 11 is 0. The number of nitrogens with zero attached hydrogens (tertiary/aromatic N) is 2. The van der Waals surface area contributed by atoms with Crippen molar-refractivity contribution in [2.24, 2.45) is 11.8 Å². The summed E-state index contributed by atoms with van der Waals surface area (Å²) in [5, 5.41) is 2.74. The lowest BCUT2D eigenvalue weighted by Crippen LogP contribution is -2.42. The van der Waals surface area contributed by atoms with Crippen molar-refractivity contribution in [3.8, 4) is 0 Å². The summed E-state index contributed by atoms with van der Waals surface area (Å²) in [5.74, 6) is 0.156. The quantitative estimate of drug-likeness (QED) is 0.600. The van der Waals surface area contributed by atoms with Crippen molar-refractivity contribution in [3.05, 3.63) is 54.1 Å². The average Bonchev–Trinajstić information content (AvgIpc) is 3.14. The van der Waals surface area contributed by atoms with Gasteiger partial charge in [0.2, 0.25) is 20.0 Å². The molecule has 0 saturated carbocycles. The van der Waals surface area contributed by atoms with Crippen LogP contribution in [0.1, 0.15) is 56.3 Å². The van der Waals surface area contributed by atoms with Crippen molar-refractivity contribution < 1.29 is 21.6 Å². The van der Waals surface area contributed by atoms with Crippen LogP contribution < -0.4 is 5.32 Å². The van der Waals surface area contributed by atoms with E-state index < -0.39 is 26.0 Å². The molecular formula is C26H35N3O5S2. The highest BCUT2D eigenvalue weighted by Crippen LogP contribution is 2.27. The predicted octanol–water partition coefficient (Wildman–Crippen LogP) is 4.17. The summed E-state index contributed by atoms with van der Waals surface area (Å²) in [6, 6.07) is 12.1. The van der Waals surface area contributed by atoms with E-state index in [9.17, 15) is 21.6 Å². The Hall–Kier alpha value is -2.27. The van der Waals surface area contributed by atoms with Crippen molar-refractivity contribution >= 4 is 31.6 Å². The number of anilines is 1. The van der Waals surface area contributed by atoms with Crippen molar-refractivity contribution in [1.82, 2.24) is 8.61 Å². The second-order valence-electron chi connectivity index (χ2n) is 10.1. The van der Waals surface area contributed by atoms with Crippen molar-refractivity contribution in [2.75, 3.05) is 31.5 Å². The number of piperidine rings is 1. The number of rotatable bonds is 6. The van der Waals surface area contributed by atoms with Crippen LogP contribution in [0, 0.1) is 11.8 Å². The van der Waals surface area contributed by atoms with Gasteiger partial charge in [0.05, 0.1) is 9.79 Å². The maximum Gasteiger partial charge on any atom is 0.255 e. The van der Waals surface area contributed by atoms with E-state index in [-0.39, 0.29) is 15.4 Å². The normalized spacial score (nSPS) is 22.6. The lowest BCUT2D eigenvalue weighted by Gasteiger charge is -2.34. The van der Waals surface area contributed by atoms with E-state index in [0.717, 1.165) is 32.1 Å². The van der Waals surface area contributed by atoms with Gasteiger partial charge in [-0.05, 0) is 73.6 Å². The summed E-state index contributed by atoms with van der Waals surface area (Å²) in [6.45, 7) is 6.10. The second-order valence-corrected chi connectivity index (χ2v) is 14.0. The zero-order valence-electron chi connectivity index (χ0n) is 20.9. The molecule has 1 amide bonds. The van der Waals surface area contributed by atoms with Gasteiger partial charge in [-0.1, -0.05) is 32.8 Å². The molecule has 2 aromatic carbocycles. The Morgan fingerprint density at radius 2 is 1.36 bits per heavy atom. The summed E-state index contributed by atoms with van der Waals surface area (Å²) < 4.78 is 55.4. The number of sulfonamides is 2. The maximum absolute atomic E-state index is 13.1. The largest absolute Gasteiger partial charge is 0.322 e. The van der Waals surface area contributed by atoms with Crippen molar-refractivity contribution in [1.29, 1.82) is 0 Å². The third-order valence-electron chi connectivity index (χ3n) is 6.88. The van der Waals surface area contributed by atoms with E-state index in [1.54, 1.807) is 12.1 Å². The Labute approximate surface area is 214 Å². The SMILES string of the molecule is CC1CC(C)CN(S(=O)(=O)c2ccc(C(=O)Nc3cccc(S(=O)(=O)N4CCCCCC4)c3)cc2)C1. The molecule has 2 aliphatic rings. The van der Waals surface area contributed by atoms with E-state index >= 15 is 0 Å². The molecule has 36 heavy (non-hydrogen) atoms. The van der Waals surface area contributed by atoms with Gasteiger partial charge in [-0.25, -0.2) is 16.8 Å². The molecule has 10 heteroatoms. The van der Waals surface area contributed by atoms with Crippen LogP contribution in [0.3, 0.4) is 0 Å². The van der Waals surface area contributed by atoms with Gasteiger partial charge in [0, 0.05) is 37.4 Å². The molecule has 0 radical (unpaired) electrons. The van der Waals surface area contributed by atoms with Crippen molar-refractivity contribution in [2.45, 2.75) is 55.7 Å². The first kappa shape index (κ1) is 26.8. The standard InChI is InChI=1S/C26H35N3O5S2/c1-20-16-21(2)19-29(18-20)35(31,32)24-12-10-22(11-13-24)26(30)27-23-8-7-9-25(17-23)36(33,34)28-14-5-3-4-6-15-28/h7-13,17,20-21H,3-6,14-16,18-19H2,1-2H3,(H,27,30). The fourth-order valence-corrected chi connectivity index (χ4v) is 8.34. The van der Waals surface area contributed by atoms with Crippen LogP contribution in [0.2, 0.25) is 0 Å². The summed E-state index contributed by atoms with van der Waals surface area (Å²) in [4.78, 5) is 13.1. The molecule has 2 unspecified atom stereocenters. The van der Waals surface area contributed by atoms with Gasteiger partial charge in [0.1, 0.15) is 0 Å². The van der Waals surface area contributed by atoms with Gasteiger partial charge in [-0.15, -0.1) is 0 Å². The first-order valence-corrected chi connectivity index (χ1v) is 15.5. The molecule has 0 bridgehead atoms. The molecule has 196 valence electrons. The molecular weight excluding hydrogens is 498 g/mol. The van der Waals surface area contributed by atoms with Gasteiger partial charge in [0.15, 0.2) is 0 Å². The minimum absolute atomic E-state index is 0.147. The first-order valence-electron chi connectivity index (χ1n) is 12.6. The Kier molecular flexibility index (Phi) is 8.18. The highest BCUT2D eigenvalue weighted by molar-refractivity contribution is 7.89. The molecule has 2 atom stereocenters. The van der Waals surface area contributed by atoms with E-state index in [1.807, 2.05) is 0 Å². The number of carbonyl (C=O) groups excluding carboxylic acids is 1. The molecule has 2 heterocycles. The number of nitrogens with one attached hydrogen (secondary N) is 1. The van der Waals surface area contributed by atoms with Crippen molar-refractivity contribution in [3.63, 3.8) is 0 Å². The van der Waals surface area contributed by atoms with Gasteiger partial charge < -0.3 is 5.32 Å². The minimum Gasteiger partial charge on any atom is -0.322 e. The highest BCUT2D eigenvalue weighted by Gasteiger charge is 2.31. The number of benzene rings is 2. The zero-order valence-corrected chi connectivity index (χ0v) is 22.5. The summed E-state index contributed by atoms with van der Waals surface area (Å²) in [6.07, 6.45) is 4.75. The molecule has 2 aliphatic heterocycles. The predicted molar refractivity (Wildman–Crippen MR) is 140 cm³/mol. The third kappa shape index (κ3) is 5.99. The molecule has 2 aromatic rings. The minimum atomic E-state index is -3.64. The van der Waals surface area contributed by atoms with E-state index in [0.29, 0.717) is 43.7 Å². The van der Waals surface area contributed by atoms with E-state index in [4.69, 9.17) is 0 Å². The van der Waals surface area contributed by atoms with E-state index in [1.165, 1.54) is 45.0 Å². The number of carbonyl (C=O) groups is 1. The Balaban J connectivity index is 1.47. The highest BCUT2D eigenvalue weighted by atomic mass is 32.2. The van der Waals surface area contributed by atoms with Crippen LogP contribution in [-0.4, -0.2) is 57.5 Å². The number of hydrogen-bond acceptors (Lipinski definition) is 5. The smallest absolute Gasteiger partial charge is 0.255 e. The topological polar surface area (TPSA) is 104 Å². The molecule has 1 N–H and O–H groups in total.